The molecule has 0 amide bonds. The molecular weight excluding hydrogens is 266 g/mol. The minimum atomic E-state index is 0.202. The molecule has 7 heteroatoms. The number of rotatable bonds is 2. The van der Waals surface area contributed by atoms with Crippen molar-refractivity contribution in [2.45, 2.75) is 6.42 Å². The topological polar surface area (TPSA) is 85.8 Å². The van der Waals surface area contributed by atoms with Crippen LogP contribution in [0.1, 0.15) is 5.56 Å². The van der Waals surface area contributed by atoms with E-state index in [-0.39, 0.29) is 5.95 Å². The molecule has 1 aromatic carbocycles. The Labute approximate surface area is 121 Å². The summed E-state index contributed by atoms with van der Waals surface area (Å²) in [6, 6.07) is 8.25. The van der Waals surface area contributed by atoms with Crippen molar-refractivity contribution >= 4 is 17.6 Å². The molecule has 2 aromatic heterocycles. The van der Waals surface area contributed by atoms with Crippen LogP contribution in [0.5, 0.6) is 0 Å². The van der Waals surface area contributed by atoms with Gasteiger partial charge in [0.05, 0.1) is 0 Å². The van der Waals surface area contributed by atoms with Crippen LogP contribution in [0.4, 0.5) is 17.6 Å². The molecule has 21 heavy (non-hydrogen) atoms. The van der Waals surface area contributed by atoms with Crippen LogP contribution < -0.4 is 10.6 Å². The maximum Gasteiger partial charge on any atom is 0.241 e. The summed E-state index contributed by atoms with van der Waals surface area (Å²) in [6.07, 6.45) is 6.06. The van der Waals surface area contributed by atoms with Gasteiger partial charge in [-0.25, -0.2) is 4.98 Å². The number of benzene rings is 1. The number of imidazole rings is 1. The van der Waals surface area contributed by atoms with E-state index in [4.69, 9.17) is 5.73 Å². The van der Waals surface area contributed by atoms with Gasteiger partial charge < -0.3 is 10.6 Å². The Kier molecular flexibility index (Phi) is 2.56. The summed E-state index contributed by atoms with van der Waals surface area (Å²) in [5.41, 5.74) is 8.25. The largest absolute Gasteiger partial charge is 0.368 e. The fraction of sp³-hybridized carbons (Fsp3) is 0.143. The summed E-state index contributed by atoms with van der Waals surface area (Å²) in [4.78, 5) is 19.0. The first-order valence-corrected chi connectivity index (χ1v) is 6.66. The normalized spacial score (nSPS) is 13.4. The Morgan fingerprint density at radius 1 is 1.05 bits per heavy atom. The quantitative estimate of drug-likeness (QED) is 0.761. The molecule has 7 nitrogen and oxygen atoms in total. The second kappa shape index (κ2) is 4.55. The van der Waals surface area contributed by atoms with Crippen LogP contribution in [0, 0.1) is 0 Å². The van der Waals surface area contributed by atoms with E-state index in [1.165, 1.54) is 5.56 Å². The number of hydrogen-bond acceptors (Lipinski definition) is 6. The SMILES string of the molecule is Nc1nc(N2CCc3ccccc32)nc(-n2ccnc2)n1. The van der Waals surface area contributed by atoms with Crippen molar-refractivity contribution in [2.75, 3.05) is 17.2 Å². The molecule has 0 aliphatic carbocycles. The molecule has 1 aliphatic heterocycles. The molecule has 2 N–H and O–H groups in total. The van der Waals surface area contributed by atoms with E-state index in [1.54, 1.807) is 23.3 Å². The van der Waals surface area contributed by atoms with Crippen LogP contribution in [0.2, 0.25) is 0 Å². The molecule has 0 saturated carbocycles. The summed E-state index contributed by atoms with van der Waals surface area (Å²) in [7, 11) is 0. The number of fused-ring (bicyclic) bond motifs is 1. The minimum Gasteiger partial charge on any atom is -0.368 e. The van der Waals surface area contributed by atoms with Gasteiger partial charge in [-0.2, -0.15) is 15.0 Å². The Bertz CT molecular complexity index is 782. The number of nitrogens with two attached hydrogens (primary N) is 1. The Balaban J connectivity index is 1.80. The molecule has 0 saturated heterocycles. The summed E-state index contributed by atoms with van der Waals surface area (Å²) < 4.78 is 1.71. The number of anilines is 3. The van der Waals surface area contributed by atoms with Crippen LogP contribution in [0.15, 0.2) is 43.0 Å². The van der Waals surface area contributed by atoms with Crippen molar-refractivity contribution in [1.29, 1.82) is 0 Å². The van der Waals surface area contributed by atoms with Gasteiger partial charge in [-0.3, -0.25) is 4.57 Å². The van der Waals surface area contributed by atoms with E-state index >= 15 is 0 Å². The number of nitrogen functional groups attached to an aromatic ring is 1. The van der Waals surface area contributed by atoms with Crippen LogP contribution in [-0.2, 0) is 6.42 Å². The molecule has 0 fully saturated rings. The maximum atomic E-state index is 5.83. The number of aromatic nitrogens is 5. The number of hydrogen-bond donors (Lipinski definition) is 1. The van der Waals surface area contributed by atoms with E-state index < -0.39 is 0 Å². The third kappa shape index (κ3) is 1.99. The lowest BCUT2D eigenvalue weighted by Crippen LogP contribution is -2.19. The van der Waals surface area contributed by atoms with Gasteiger partial charge in [0, 0.05) is 24.6 Å². The van der Waals surface area contributed by atoms with Gasteiger partial charge in [-0.15, -0.1) is 0 Å². The van der Waals surface area contributed by atoms with Gasteiger partial charge in [0.2, 0.25) is 17.8 Å². The summed E-state index contributed by atoms with van der Waals surface area (Å²) in [6.45, 7) is 0.839. The van der Waals surface area contributed by atoms with Gasteiger partial charge in [0.1, 0.15) is 6.33 Å². The van der Waals surface area contributed by atoms with Crippen LogP contribution in [-0.4, -0.2) is 31.0 Å². The molecule has 0 radical (unpaired) electrons. The van der Waals surface area contributed by atoms with E-state index in [1.807, 2.05) is 12.1 Å². The average molecular weight is 279 g/mol. The summed E-state index contributed by atoms with van der Waals surface area (Å²) >= 11 is 0. The predicted molar refractivity (Wildman–Crippen MR) is 78.5 cm³/mol. The number of nitrogens with zero attached hydrogens (tertiary/aromatic N) is 6. The second-order valence-corrected chi connectivity index (χ2v) is 4.79. The fourth-order valence-corrected chi connectivity index (χ4v) is 2.53. The highest BCUT2D eigenvalue weighted by molar-refractivity contribution is 5.66. The summed E-state index contributed by atoms with van der Waals surface area (Å²) in [5.74, 6) is 1.24. The molecule has 4 rings (SSSR count). The number of para-hydroxylation sites is 1. The zero-order valence-corrected chi connectivity index (χ0v) is 11.2. The van der Waals surface area contributed by atoms with Crippen LogP contribution in [0.25, 0.3) is 5.95 Å². The second-order valence-electron chi connectivity index (χ2n) is 4.79. The highest BCUT2D eigenvalue weighted by Crippen LogP contribution is 2.32. The van der Waals surface area contributed by atoms with Gasteiger partial charge >= 0.3 is 0 Å². The van der Waals surface area contributed by atoms with Crippen molar-refractivity contribution in [3.8, 4) is 5.95 Å². The van der Waals surface area contributed by atoms with Gasteiger partial charge in [0.25, 0.3) is 0 Å². The molecule has 1 aliphatic rings. The first kappa shape index (κ1) is 11.8. The average Bonchev–Trinajstić information content (AvgIpc) is 3.16. The zero-order chi connectivity index (χ0) is 14.2. The highest BCUT2D eigenvalue weighted by Gasteiger charge is 2.23. The standard InChI is InChI=1S/C14H13N7/c15-12-17-13(20-8-6-16-9-20)19-14(18-12)21-7-5-10-3-1-2-4-11(10)21/h1-4,6,8-9H,5,7H2,(H2,15,17,18,19). The van der Waals surface area contributed by atoms with Crippen molar-refractivity contribution in [1.82, 2.24) is 24.5 Å². The third-order valence-electron chi connectivity index (χ3n) is 3.49. The monoisotopic (exact) mass is 279 g/mol. The smallest absolute Gasteiger partial charge is 0.241 e. The first-order chi connectivity index (χ1) is 10.3. The lowest BCUT2D eigenvalue weighted by Gasteiger charge is -2.17. The van der Waals surface area contributed by atoms with Gasteiger partial charge in [-0.1, -0.05) is 18.2 Å². The van der Waals surface area contributed by atoms with Crippen LogP contribution >= 0.6 is 0 Å². The first-order valence-electron chi connectivity index (χ1n) is 6.66. The Morgan fingerprint density at radius 3 is 2.76 bits per heavy atom. The fourth-order valence-electron chi connectivity index (χ4n) is 2.53. The molecule has 0 unspecified atom stereocenters. The van der Waals surface area contributed by atoms with Crippen molar-refractivity contribution in [3.63, 3.8) is 0 Å². The minimum absolute atomic E-state index is 0.202. The molecule has 3 aromatic rings. The molecular formula is C14H13N7. The molecule has 0 spiro atoms. The van der Waals surface area contributed by atoms with Gasteiger partial charge in [0.15, 0.2) is 0 Å². The van der Waals surface area contributed by atoms with E-state index in [2.05, 4.69) is 37.0 Å². The lowest BCUT2D eigenvalue weighted by molar-refractivity contribution is 0.867. The van der Waals surface area contributed by atoms with Crippen molar-refractivity contribution in [3.05, 3.63) is 48.5 Å². The molecule has 0 bridgehead atoms. The molecule has 3 heterocycles. The van der Waals surface area contributed by atoms with Crippen molar-refractivity contribution in [2.24, 2.45) is 0 Å². The maximum absolute atomic E-state index is 5.83. The zero-order valence-electron chi connectivity index (χ0n) is 11.2. The Morgan fingerprint density at radius 2 is 1.90 bits per heavy atom. The van der Waals surface area contributed by atoms with E-state index in [0.29, 0.717) is 11.9 Å². The van der Waals surface area contributed by atoms with E-state index in [0.717, 1.165) is 18.7 Å². The lowest BCUT2D eigenvalue weighted by atomic mass is 10.2. The van der Waals surface area contributed by atoms with E-state index in [9.17, 15) is 0 Å². The van der Waals surface area contributed by atoms with Gasteiger partial charge in [-0.05, 0) is 18.1 Å². The highest BCUT2D eigenvalue weighted by atomic mass is 15.3. The third-order valence-corrected chi connectivity index (χ3v) is 3.49. The summed E-state index contributed by atoms with van der Waals surface area (Å²) in [5, 5.41) is 0. The van der Waals surface area contributed by atoms with Crippen molar-refractivity contribution < 1.29 is 0 Å². The Hall–Kier alpha value is -2.96. The van der Waals surface area contributed by atoms with Crippen LogP contribution in [0.3, 0.4) is 0 Å². The predicted octanol–water partition coefficient (Wildman–Crippen LogP) is 1.33. The molecule has 0 atom stereocenters. The molecule has 104 valence electrons.